The molecule has 4 aromatic rings. The minimum Gasteiger partial charge on any atom is -0.251 e. The van der Waals surface area contributed by atoms with Gasteiger partial charge in [-0.2, -0.15) is 0 Å². The largest absolute Gasteiger partial charge is 0.251 e. The quantitative estimate of drug-likeness (QED) is 0.354. The summed E-state index contributed by atoms with van der Waals surface area (Å²) in [4.78, 5) is 9.85. The zero-order valence-electron chi connectivity index (χ0n) is 16.7. The van der Waals surface area contributed by atoms with E-state index in [1.807, 2.05) is 0 Å². The van der Waals surface area contributed by atoms with E-state index in [-0.39, 0.29) is 0 Å². The lowest BCUT2D eigenvalue weighted by Gasteiger charge is -2.13. The normalized spacial score (nSPS) is 13.7. The predicted octanol–water partition coefficient (Wildman–Crippen LogP) is 6.97. The SMILES string of the molecule is Cc1cc(C2=CC=CCC=C2)c2ccc3c(-c4ccccc4)cc(C)nc3c2n1. The van der Waals surface area contributed by atoms with Gasteiger partial charge in [0, 0.05) is 22.2 Å². The molecule has 2 heteroatoms. The number of fused-ring (bicyclic) bond motifs is 3. The van der Waals surface area contributed by atoms with Crippen molar-refractivity contribution in [3.8, 4) is 11.1 Å². The van der Waals surface area contributed by atoms with Gasteiger partial charge in [-0.3, -0.25) is 9.97 Å². The molecular weight excluding hydrogens is 352 g/mol. The Morgan fingerprint density at radius 3 is 2.10 bits per heavy atom. The van der Waals surface area contributed by atoms with E-state index in [9.17, 15) is 0 Å². The summed E-state index contributed by atoms with van der Waals surface area (Å²) >= 11 is 0. The summed E-state index contributed by atoms with van der Waals surface area (Å²) in [6.45, 7) is 4.12. The fourth-order valence-corrected chi connectivity index (χ4v) is 4.09. The molecule has 2 heterocycles. The number of aryl methyl sites for hydroxylation is 2. The van der Waals surface area contributed by atoms with Crippen molar-refractivity contribution in [2.75, 3.05) is 0 Å². The molecule has 1 aliphatic rings. The number of rotatable bonds is 2. The third-order valence-electron chi connectivity index (χ3n) is 5.39. The molecule has 0 fully saturated rings. The summed E-state index contributed by atoms with van der Waals surface area (Å²) in [6, 6.07) is 19.3. The number of hydrogen-bond acceptors (Lipinski definition) is 2. The highest BCUT2D eigenvalue weighted by molar-refractivity contribution is 6.11. The molecule has 0 atom stereocenters. The minimum atomic E-state index is 0.964. The summed E-state index contributed by atoms with van der Waals surface area (Å²) in [6.07, 6.45) is 11.9. The van der Waals surface area contributed by atoms with Crippen LogP contribution in [0.25, 0.3) is 38.5 Å². The van der Waals surface area contributed by atoms with Crippen LogP contribution in [0.5, 0.6) is 0 Å². The molecular formula is C27H22N2. The Kier molecular flexibility index (Phi) is 4.33. The highest BCUT2D eigenvalue weighted by Crippen LogP contribution is 2.35. The second-order valence-corrected chi connectivity index (χ2v) is 7.53. The molecule has 0 radical (unpaired) electrons. The van der Waals surface area contributed by atoms with Gasteiger partial charge in [0.2, 0.25) is 0 Å². The fourth-order valence-electron chi connectivity index (χ4n) is 4.09. The first kappa shape index (κ1) is 17.6. The lowest BCUT2D eigenvalue weighted by Crippen LogP contribution is -1.96. The van der Waals surface area contributed by atoms with Gasteiger partial charge in [0.15, 0.2) is 0 Å². The van der Waals surface area contributed by atoms with Gasteiger partial charge in [0.25, 0.3) is 0 Å². The fraction of sp³-hybridized carbons (Fsp3) is 0.111. The highest BCUT2D eigenvalue weighted by Gasteiger charge is 2.14. The summed E-state index contributed by atoms with van der Waals surface area (Å²) < 4.78 is 0. The third-order valence-corrected chi connectivity index (χ3v) is 5.39. The molecule has 0 saturated carbocycles. The van der Waals surface area contributed by atoms with Crippen molar-refractivity contribution >= 4 is 27.4 Å². The molecule has 2 nitrogen and oxygen atoms in total. The Bertz CT molecular complexity index is 1330. The van der Waals surface area contributed by atoms with E-state index in [0.29, 0.717) is 0 Å². The first-order valence-electron chi connectivity index (χ1n) is 10.0. The molecule has 0 spiro atoms. The smallest absolute Gasteiger partial charge is 0.0974 e. The van der Waals surface area contributed by atoms with Gasteiger partial charge >= 0.3 is 0 Å². The molecule has 0 aliphatic heterocycles. The van der Waals surface area contributed by atoms with Crippen LogP contribution in [0.15, 0.2) is 85.0 Å². The van der Waals surface area contributed by atoms with E-state index in [1.165, 1.54) is 22.3 Å². The minimum absolute atomic E-state index is 0.964. The second-order valence-electron chi connectivity index (χ2n) is 7.53. The average molecular weight is 374 g/mol. The number of pyridine rings is 2. The Morgan fingerprint density at radius 2 is 1.38 bits per heavy atom. The molecule has 0 amide bonds. The second kappa shape index (κ2) is 7.14. The van der Waals surface area contributed by atoms with E-state index >= 15 is 0 Å². The first-order valence-corrected chi connectivity index (χ1v) is 10.0. The summed E-state index contributed by atoms with van der Waals surface area (Å²) in [5.74, 6) is 0. The molecule has 29 heavy (non-hydrogen) atoms. The van der Waals surface area contributed by atoms with E-state index in [2.05, 4.69) is 98.8 Å². The van der Waals surface area contributed by atoms with Gasteiger partial charge in [-0.05, 0) is 54.7 Å². The highest BCUT2D eigenvalue weighted by atomic mass is 14.8. The summed E-state index contributed by atoms with van der Waals surface area (Å²) in [5, 5.41) is 2.29. The molecule has 0 bridgehead atoms. The monoisotopic (exact) mass is 374 g/mol. The Hall–Kier alpha value is -3.52. The van der Waals surface area contributed by atoms with Crippen molar-refractivity contribution in [3.63, 3.8) is 0 Å². The first-order chi connectivity index (χ1) is 14.2. The van der Waals surface area contributed by atoms with Crippen LogP contribution < -0.4 is 0 Å². The zero-order valence-corrected chi connectivity index (χ0v) is 16.7. The third kappa shape index (κ3) is 3.17. The maximum Gasteiger partial charge on any atom is 0.0974 e. The van der Waals surface area contributed by atoms with Gasteiger partial charge in [-0.25, -0.2) is 0 Å². The topological polar surface area (TPSA) is 25.8 Å². The Morgan fingerprint density at radius 1 is 0.724 bits per heavy atom. The van der Waals surface area contributed by atoms with Gasteiger partial charge in [0.1, 0.15) is 0 Å². The van der Waals surface area contributed by atoms with Crippen LogP contribution in [0.1, 0.15) is 23.4 Å². The number of aromatic nitrogens is 2. The maximum absolute atomic E-state index is 4.93. The van der Waals surface area contributed by atoms with Gasteiger partial charge in [-0.15, -0.1) is 0 Å². The van der Waals surface area contributed by atoms with Crippen molar-refractivity contribution in [2.45, 2.75) is 20.3 Å². The van der Waals surface area contributed by atoms with Crippen molar-refractivity contribution < 1.29 is 0 Å². The van der Waals surface area contributed by atoms with E-state index in [0.717, 1.165) is 39.6 Å². The van der Waals surface area contributed by atoms with Gasteiger partial charge < -0.3 is 0 Å². The van der Waals surface area contributed by atoms with Crippen molar-refractivity contribution in [1.82, 2.24) is 9.97 Å². The van der Waals surface area contributed by atoms with Crippen molar-refractivity contribution in [1.29, 1.82) is 0 Å². The van der Waals surface area contributed by atoms with Crippen LogP contribution >= 0.6 is 0 Å². The molecule has 2 aromatic heterocycles. The molecule has 1 aliphatic carbocycles. The van der Waals surface area contributed by atoms with Crippen LogP contribution in [0.3, 0.4) is 0 Å². The zero-order chi connectivity index (χ0) is 19.8. The molecule has 140 valence electrons. The van der Waals surface area contributed by atoms with Gasteiger partial charge in [-0.1, -0.05) is 72.8 Å². The van der Waals surface area contributed by atoms with Crippen LogP contribution in [-0.2, 0) is 0 Å². The van der Waals surface area contributed by atoms with Crippen molar-refractivity contribution in [3.05, 3.63) is 102 Å². The van der Waals surface area contributed by atoms with Crippen molar-refractivity contribution in [2.24, 2.45) is 0 Å². The van der Waals surface area contributed by atoms with Crippen LogP contribution in [-0.4, -0.2) is 9.97 Å². The van der Waals surface area contributed by atoms with Crippen LogP contribution in [0, 0.1) is 13.8 Å². The maximum atomic E-state index is 4.93. The summed E-state index contributed by atoms with van der Waals surface area (Å²) in [5.41, 5.74) is 8.79. The van der Waals surface area contributed by atoms with E-state index < -0.39 is 0 Å². The average Bonchev–Trinajstić information content (AvgIpc) is 3.03. The number of hydrogen-bond donors (Lipinski definition) is 0. The lowest BCUT2D eigenvalue weighted by molar-refractivity contribution is 1.23. The molecule has 0 saturated heterocycles. The molecule has 2 aromatic carbocycles. The standard InChI is InChI=1S/C27H22N2/c1-18-16-24(20-10-6-3-4-7-11-20)22-14-15-23-25(21-12-8-5-9-13-21)17-19(2)29-27(23)26(22)28-18/h3,5-17H,4H2,1-2H3. The Balaban J connectivity index is 1.85. The predicted molar refractivity (Wildman–Crippen MR) is 123 cm³/mol. The lowest BCUT2D eigenvalue weighted by atomic mass is 9.95. The Labute approximate surface area is 171 Å². The molecule has 0 N–H and O–H groups in total. The number of nitrogens with zero attached hydrogens (tertiary/aromatic N) is 2. The molecule has 0 unspecified atom stereocenters. The van der Waals surface area contributed by atoms with Gasteiger partial charge in [0.05, 0.1) is 11.0 Å². The summed E-state index contributed by atoms with van der Waals surface area (Å²) in [7, 11) is 0. The van der Waals surface area contributed by atoms with E-state index in [1.54, 1.807) is 0 Å². The number of benzene rings is 2. The molecule has 5 rings (SSSR count). The van der Waals surface area contributed by atoms with Crippen LogP contribution in [0.4, 0.5) is 0 Å². The number of allylic oxidation sites excluding steroid dienone is 6. The van der Waals surface area contributed by atoms with E-state index in [4.69, 9.17) is 9.97 Å². The van der Waals surface area contributed by atoms with Crippen LogP contribution in [0.2, 0.25) is 0 Å².